The molecule has 13 heteroatoms. The Labute approximate surface area is 294 Å². The molecule has 6 unspecified atom stereocenters. The number of phenolic OH excluding ortho intramolecular Hbond substituents is 1. The number of rotatable bonds is 4. The molecule has 3 aromatic carbocycles. The maximum atomic E-state index is 14.3. The maximum Gasteiger partial charge on any atom is 0.254 e. The van der Waals surface area contributed by atoms with E-state index in [9.17, 15) is 24.3 Å². The molecular weight excluding hydrogens is 777 g/mol. The van der Waals surface area contributed by atoms with Crippen LogP contribution < -0.4 is 4.90 Å². The number of likely N-dealkylation sites (tertiary alicyclic amines) is 1. The van der Waals surface area contributed by atoms with Crippen LogP contribution in [0.3, 0.4) is 0 Å². The number of carbonyl (C=O) groups excluding carboxylic acids is 4. The fraction of sp³-hybridized carbons (Fsp3) is 0.265. The number of benzene rings is 3. The van der Waals surface area contributed by atoms with Gasteiger partial charge >= 0.3 is 0 Å². The van der Waals surface area contributed by atoms with Crippen LogP contribution in [0.25, 0.3) is 22.6 Å². The van der Waals surface area contributed by atoms with Gasteiger partial charge in [-0.25, -0.2) is 4.98 Å². The van der Waals surface area contributed by atoms with Gasteiger partial charge in [0, 0.05) is 21.5 Å². The molecule has 1 N–H and O–H groups in total. The number of anilines is 1. The number of para-hydroxylation sites is 2. The van der Waals surface area contributed by atoms with E-state index in [0.717, 1.165) is 4.90 Å². The number of alkyl halides is 3. The van der Waals surface area contributed by atoms with Crippen LogP contribution in [0.5, 0.6) is 5.75 Å². The monoisotopic (exact) mass is 797 g/mol. The van der Waals surface area contributed by atoms with Crippen LogP contribution in [0.15, 0.2) is 87.3 Å². The maximum absolute atomic E-state index is 14.3. The van der Waals surface area contributed by atoms with E-state index >= 15 is 0 Å². The molecule has 0 radical (unpaired) electrons. The van der Waals surface area contributed by atoms with Crippen LogP contribution in [-0.4, -0.2) is 53.8 Å². The standard InChI is InChI=1S/C34H23Br2Cl2N3O6/c35-15-40-31(45)33(37)14-22-19(27(34(33,38)32(40)46)21-13-17(36)7-12-24(21)42)10-11-20-26(22)30(44)41(29(20)43)18-8-5-16(6-9-18)28-39-23-3-1-2-4-25(23)47-28/h1-10,12-13,20,22,26-27,42H,11,14-15H2. The zero-order valence-corrected chi connectivity index (χ0v) is 28.9. The Morgan fingerprint density at radius 1 is 0.957 bits per heavy atom. The molecule has 0 bridgehead atoms. The van der Waals surface area contributed by atoms with Crippen molar-refractivity contribution in [3.05, 3.63) is 88.4 Å². The number of amides is 4. The number of nitrogens with zero attached hydrogens (tertiary/aromatic N) is 3. The normalized spacial score (nSPS) is 30.1. The number of hydrogen-bond acceptors (Lipinski definition) is 7. The minimum absolute atomic E-state index is 0.134. The Kier molecular flexibility index (Phi) is 7.04. The van der Waals surface area contributed by atoms with E-state index in [1.807, 2.05) is 30.3 Å². The summed E-state index contributed by atoms with van der Waals surface area (Å²) < 4.78 is 6.48. The lowest BCUT2D eigenvalue weighted by Gasteiger charge is -2.50. The number of halogens is 4. The highest BCUT2D eigenvalue weighted by molar-refractivity contribution is 9.10. The molecule has 9 nitrogen and oxygen atoms in total. The minimum atomic E-state index is -2.00. The summed E-state index contributed by atoms with van der Waals surface area (Å²) in [6.07, 6.45) is 1.89. The largest absolute Gasteiger partial charge is 0.508 e. The molecule has 8 rings (SSSR count). The average molecular weight is 800 g/mol. The van der Waals surface area contributed by atoms with E-state index < -0.39 is 51.1 Å². The third kappa shape index (κ3) is 4.15. The van der Waals surface area contributed by atoms with Crippen LogP contribution in [0.4, 0.5) is 5.69 Å². The molecule has 0 spiro atoms. The fourth-order valence-electron chi connectivity index (χ4n) is 7.86. The lowest BCUT2D eigenvalue weighted by atomic mass is 9.56. The number of carbonyl (C=O) groups is 4. The third-order valence-electron chi connectivity index (χ3n) is 9.98. The van der Waals surface area contributed by atoms with Crippen molar-refractivity contribution >= 4 is 95.5 Å². The summed E-state index contributed by atoms with van der Waals surface area (Å²) in [5.74, 6) is -5.28. The number of hydrogen-bond donors (Lipinski definition) is 1. The SMILES string of the molecule is O=C1C2CC=C3C(CC4(Cl)C(=O)N(CBr)C(=O)C4(Cl)C3c3cc(Br)ccc3O)C2C(=O)N1c1ccc(-c2nc3ccccc3o2)cc1. The highest BCUT2D eigenvalue weighted by atomic mass is 79.9. The lowest BCUT2D eigenvalue weighted by molar-refractivity contribution is -0.138. The van der Waals surface area contributed by atoms with Crippen LogP contribution in [0.1, 0.15) is 24.3 Å². The molecule has 2 aliphatic carbocycles. The summed E-state index contributed by atoms with van der Waals surface area (Å²) >= 11 is 21.2. The molecule has 1 aromatic heterocycles. The third-order valence-corrected chi connectivity index (χ3v) is 12.4. The van der Waals surface area contributed by atoms with Crippen molar-refractivity contribution in [1.82, 2.24) is 9.88 Å². The van der Waals surface area contributed by atoms with E-state index in [1.165, 1.54) is 11.0 Å². The number of allylic oxidation sites excluding steroid dienone is 2. The number of fused-ring (bicyclic) bond motifs is 5. The number of oxazole rings is 1. The number of aromatic hydroxyl groups is 1. The van der Waals surface area contributed by atoms with Crippen LogP contribution in [-0.2, 0) is 19.2 Å². The highest BCUT2D eigenvalue weighted by Crippen LogP contribution is 2.66. The van der Waals surface area contributed by atoms with Crippen LogP contribution >= 0.6 is 55.1 Å². The summed E-state index contributed by atoms with van der Waals surface area (Å²) in [5, 5.41) is 11.1. The molecule has 2 aliphatic heterocycles. The van der Waals surface area contributed by atoms with E-state index in [4.69, 9.17) is 27.6 Å². The van der Waals surface area contributed by atoms with Gasteiger partial charge in [-0.15, -0.1) is 23.2 Å². The summed E-state index contributed by atoms with van der Waals surface area (Å²) in [7, 11) is 0. The number of imide groups is 2. The summed E-state index contributed by atoms with van der Waals surface area (Å²) in [6, 6.07) is 19.0. The summed E-state index contributed by atoms with van der Waals surface area (Å²) in [4.78, 5) is 58.7. The summed E-state index contributed by atoms with van der Waals surface area (Å²) in [5.41, 5.74) is 3.17. The summed E-state index contributed by atoms with van der Waals surface area (Å²) in [6.45, 7) is 0. The molecule has 1 saturated carbocycles. The second kappa shape index (κ2) is 10.7. The van der Waals surface area contributed by atoms with Gasteiger partial charge in [-0.05, 0) is 73.4 Å². The van der Waals surface area contributed by atoms with Crippen molar-refractivity contribution in [2.75, 3.05) is 10.4 Å². The molecule has 2 saturated heterocycles. The van der Waals surface area contributed by atoms with Crippen molar-refractivity contribution in [3.63, 3.8) is 0 Å². The smallest absolute Gasteiger partial charge is 0.254 e. The first-order valence-electron chi connectivity index (χ1n) is 14.8. The Morgan fingerprint density at radius 3 is 2.43 bits per heavy atom. The molecule has 238 valence electrons. The van der Waals surface area contributed by atoms with Gasteiger partial charge in [0.05, 0.1) is 23.0 Å². The van der Waals surface area contributed by atoms with Gasteiger partial charge in [0.25, 0.3) is 11.8 Å². The van der Waals surface area contributed by atoms with Crippen molar-refractivity contribution in [2.24, 2.45) is 17.8 Å². The molecule has 4 amide bonds. The van der Waals surface area contributed by atoms with E-state index in [0.29, 0.717) is 38.3 Å². The Balaban J connectivity index is 1.19. The topological polar surface area (TPSA) is 121 Å². The second-order valence-corrected chi connectivity index (χ2v) is 14.9. The Hall–Kier alpha value is -3.51. The quantitative estimate of drug-likeness (QED) is 0.104. The minimum Gasteiger partial charge on any atom is -0.508 e. The number of aromatic nitrogens is 1. The second-order valence-electron chi connectivity index (χ2n) is 12.2. The molecule has 3 fully saturated rings. The predicted octanol–water partition coefficient (Wildman–Crippen LogP) is 6.88. The lowest BCUT2D eigenvalue weighted by Crippen LogP contribution is -2.60. The van der Waals surface area contributed by atoms with Gasteiger partial charge in [-0.3, -0.25) is 29.0 Å². The van der Waals surface area contributed by atoms with Gasteiger partial charge in [0.15, 0.2) is 15.3 Å². The first-order valence-corrected chi connectivity index (χ1v) is 17.5. The van der Waals surface area contributed by atoms with Crippen molar-refractivity contribution < 1.29 is 28.7 Å². The molecular formula is C34H23Br2Cl2N3O6. The molecule has 47 heavy (non-hydrogen) atoms. The molecule has 3 heterocycles. The first-order chi connectivity index (χ1) is 22.5. The van der Waals surface area contributed by atoms with Gasteiger partial charge in [0.2, 0.25) is 17.7 Å². The van der Waals surface area contributed by atoms with Crippen molar-refractivity contribution in [2.45, 2.75) is 28.5 Å². The van der Waals surface area contributed by atoms with Gasteiger partial charge in [-0.1, -0.05) is 55.6 Å². The van der Waals surface area contributed by atoms with E-state index in [-0.39, 0.29) is 35.5 Å². The molecule has 4 aliphatic rings. The van der Waals surface area contributed by atoms with E-state index in [1.54, 1.807) is 36.4 Å². The zero-order valence-electron chi connectivity index (χ0n) is 24.2. The average Bonchev–Trinajstić information content (AvgIpc) is 3.65. The zero-order chi connectivity index (χ0) is 33.0. The fourth-order valence-corrected chi connectivity index (χ4v) is 9.65. The predicted molar refractivity (Wildman–Crippen MR) is 181 cm³/mol. The van der Waals surface area contributed by atoms with Crippen LogP contribution in [0, 0.1) is 17.8 Å². The molecule has 4 aromatic rings. The van der Waals surface area contributed by atoms with Crippen molar-refractivity contribution in [3.8, 4) is 17.2 Å². The van der Waals surface area contributed by atoms with Gasteiger partial charge in [-0.2, -0.15) is 0 Å². The molecule has 6 atom stereocenters. The highest BCUT2D eigenvalue weighted by Gasteiger charge is 2.76. The van der Waals surface area contributed by atoms with Crippen LogP contribution in [0.2, 0.25) is 0 Å². The van der Waals surface area contributed by atoms with Gasteiger partial charge in [0.1, 0.15) is 11.3 Å². The van der Waals surface area contributed by atoms with Crippen molar-refractivity contribution in [1.29, 1.82) is 0 Å². The Bertz CT molecular complexity index is 2050. The number of phenols is 1. The first kappa shape index (κ1) is 30.8. The van der Waals surface area contributed by atoms with E-state index in [2.05, 4.69) is 36.8 Å². The van der Waals surface area contributed by atoms with Gasteiger partial charge < -0.3 is 9.52 Å². The Morgan fingerprint density at radius 2 is 1.70 bits per heavy atom.